The molecule has 96 valence electrons. The molecule has 3 heteroatoms. The standard InChI is InChI=1S/C16H16N2O/c1-12-8-16(7-6-14(12)11-19)18(2)15-5-3-4-13(9-15)10-17/h3-9,19H,11H2,1-2H3. The second-order valence-electron chi connectivity index (χ2n) is 4.49. The van der Waals surface area contributed by atoms with Gasteiger partial charge < -0.3 is 10.0 Å². The molecule has 0 spiro atoms. The van der Waals surface area contributed by atoms with E-state index in [1.807, 2.05) is 55.3 Å². The number of nitrogens with zero attached hydrogens (tertiary/aromatic N) is 2. The fourth-order valence-corrected chi connectivity index (χ4v) is 2.00. The summed E-state index contributed by atoms with van der Waals surface area (Å²) in [6.07, 6.45) is 0. The first-order chi connectivity index (χ1) is 9.15. The number of aryl methyl sites for hydroxylation is 1. The van der Waals surface area contributed by atoms with E-state index >= 15 is 0 Å². The van der Waals surface area contributed by atoms with Gasteiger partial charge in [0, 0.05) is 18.4 Å². The lowest BCUT2D eigenvalue weighted by atomic mass is 10.1. The second kappa shape index (κ2) is 5.55. The summed E-state index contributed by atoms with van der Waals surface area (Å²) in [6, 6.07) is 15.6. The number of aliphatic hydroxyl groups excluding tert-OH is 1. The molecule has 0 amide bonds. The molecule has 2 aromatic carbocycles. The number of aliphatic hydroxyl groups is 1. The fraction of sp³-hybridized carbons (Fsp3) is 0.188. The Labute approximate surface area is 113 Å². The predicted molar refractivity (Wildman–Crippen MR) is 76.3 cm³/mol. The lowest BCUT2D eigenvalue weighted by Crippen LogP contribution is -2.10. The maximum Gasteiger partial charge on any atom is 0.0992 e. The summed E-state index contributed by atoms with van der Waals surface area (Å²) in [5.74, 6) is 0. The maximum atomic E-state index is 9.18. The van der Waals surface area contributed by atoms with Gasteiger partial charge >= 0.3 is 0 Å². The van der Waals surface area contributed by atoms with Crippen LogP contribution in [-0.4, -0.2) is 12.2 Å². The number of rotatable bonds is 3. The molecular weight excluding hydrogens is 236 g/mol. The van der Waals surface area contributed by atoms with Crippen molar-refractivity contribution < 1.29 is 5.11 Å². The van der Waals surface area contributed by atoms with Crippen LogP contribution >= 0.6 is 0 Å². The Balaban J connectivity index is 2.36. The lowest BCUT2D eigenvalue weighted by Gasteiger charge is -2.20. The van der Waals surface area contributed by atoms with Crippen LogP contribution in [-0.2, 0) is 6.61 Å². The smallest absolute Gasteiger partial charge is 0.0992 e. The van der Waals surface area contributed by atoms with Gasteiger partial charge in [-0.05, 0) is 48.4 Å². The molecule has 0 aromatic heterocycles. The molecule has 0 heterocycles. The van der Waals surface area contributed by atoms with E-state index in [0.29, 0.717) is 5.56 Å². The number of hydrogen-bond donors (Lipinski definition) is 1. The highest BCUT2D eigenvalue weighted by Gasteiger charge is 2.06. The van der Waals surface area contributed by atoms with Crippen LogP contribution in [0.15, 0.2) is 42.5 Å². The molecule has 0 bridgehead atoms. The molecule has 0 unspecified atom stereocenters. The molecule has 0 fully saturated rings. The molecule has 3 nitrogen and oxygen atoms in total. The SMILES string of the molecule is Cc1cc(N(C)c2cccc(C#N)c2)ccc1CO. The van der Waals surface area contributed by atoms with E-state index in [1.54, 1.807) is 6.07 Å². The van der Waals surface area contributed by atoms with Gasteiger partial charge in [0.2, 0.25) is 0 Å². The van der Waals surface area contributed by atoms with Crippen LogP contribution in [0.3, 0.4) is 0 Å². The summed E-state index contributed by atoms with van der Waals surface area (Å²) in [4.78, 5) is 2.02. The van der Waals surface area contributed by atoms with Crippen molar-refractivity contribution in [1.29, 1.82) is 5.26 Å². The fourth-order valence-electron chi connectivity index (χ4n) is 2.00. The Morgan fingerprint density at radius 3 is 2.53 bits per heavy atom. The van der Waals surface area contributed by atoms with Crippen LogP contribution in [0.25, 0.3) is 0 Å². The van der Waals surface area contributed by atoms with Gasteiger partial charge in [-0.3, -0.25) is 0 Å². The minimum atomic E-state index is 0.0553. The van der Waals surface area contributed by atoms with Crippen molar-refractivity contribution in [2.75, 3.05) is 11.9 Å². The molecule has 0 saturated heterocycles. The molecule has 0 atom stereocenters. The third kappa shape index (κ3) is 2.75. The Hall–Kier alpha value is -2.31. The van der Waals surface area contributed by atoms with Gasteiger partial charge in [-0.1, -0.05) is 12.1 Å². The van der Waals surface area contributed by atoms with Crippen molar-refractivity contribution in [2.24, 2.45) is 0 Å². The van der Waals surface area contributed by atoms with E-state index in [0.717, 1.165) is 22.5 Å². The molecule has 0 radical (unpaired) electrons. The molecule has 19 heavy (non-hydrogen) atoms. The molecular formula is C16H16N2O. The molecule has 0 saturated carbocycles. The number of anilines is 2. The normalized spacial score (nSPS) is 10.0. The maximum absolute atomic E-state index is 9.18. The van der Waals surface area contributed by atoms with E-state index in [2.05, 4.69) is 6.07 Å². The van der Waals surface area contributed by atoms with Gasteiger partial charge in [0.25, 0.3) is 0 Å². The summed E-state index contributed by atoms with van der Waals surface area (Å²) >= 11 is 0. The highest BCUT2D eigenvalue weighted by atomic mass is 16.3. The Morgan fingerprint density at radius 2 is 1.89 bits per heavy atom. The van der Waals surface area contributed by atoms with Crippen molar-refractivity contribution in [2.45, 2.75) is 13.5 Å². The zero-order chi connectivity index (χ0) is 13.8. The largest absolute Gasteiger partial charge is 0.392 e. The minimum absolute atomic E-state index is 0.0553. The molecule has 0 aliphatic rings. The van der Waals surface area contributed by atoms with Crippen LogP contribution in [0.4, 0.5) is 11.4 Å². The van der Waals surface area contributed by atoms with E-state index in [9.17, 15) is 5.11 Å². The van der Waals surface area contributed by atoms with Crippen LogP contribution in [0.5, 0.6) is 0 Å². The third-order valence-electron chi connectivity index (χ3n) is 3.25. The first-order valence-corrected chi connectivity index (χ1v) is 6.10. The van der Waals surface area contributed by atoms with Crippen molar-refractivity contribution >= 4 is 11.4 Å². The summed E-state index contributed by atoms with van der Waals surface area (Å²) in [6.45, 7) is 2.04. The van der Waals surface area contributed by atoms with E-state index in [-0.39, 0.29) is 6.61 Å². The Kier molecular flexibility index (Phi) is 3.84. The molecule has 2 rings (SSSR count). The predicted octanol–water partition coefficient (Wildman–Crippen LogP) is 3.13. The minimum Gasteiger partial charge on any atom is -0.392 e. The quantitative estimate of drug-likeness (QED) is 0.913. The third-order valence-corrected chi connectivity index (χ3v) is 3.25. The summed E-state index contributed by atoms with van der Waals surface area (Å²) in [5.41, 5.74) is 4.64. The van der Waals surface area contributed by atoms with Gasteiger partial charge in [0.05, 0.1) is 18.2 Å². The van der Waals surface area contributed by atoms with Crippen molar-refractivity contribution in [1.82, 2.24) is 0 Å². The average Bonchev–Trinajstić information content (AvgIpc) is 2.46. The van der Waals surface area contributed by atoms with Gasteiger partial charge in [-0.15, -0.1) is 0 Å². The number of benzene rings is 2. The average molecular weight is 252 g/mol. The van der Waals surface area contributed by atoms with Gasteiger partial charge in [-0.25, -0.2) is 0 Å². The van der Waals surface area contributed by atoms with E-state index < -0.39 is 0 Å². The number of nitriles is 1. The lowest BCUT2D eigenvalue weighted by molar-refractivity contribution is 0.281. The highest BCUT2D eigenvalue weighted by molar-refractivity contribution is 5.65. The molecule has 1 N–H and O–H groups in total. The van der Waals surface area contributed by atoms with Crippen LogP contribution in [0, 0.1) is 18.3 Å². The Bertz CT molecular complexity index is 629. The molecule has 2 aromatic rings. The first kappa shape index (κ1) is 13.1. The molecule has 0 aliphatic carbocycles. The first-order valence-electron chi connectivity index (χ1n) is 6.10. The summed E-state index contributed by atoms with van der Waals surface area (Å²) in [7, 11) is 1.96. The van der Waals surface area contributed by atoms with Crippen molar-refractivity contribution in [3.8, 4) is 6.07 Å². The monoisotopic (exact) mass is 252 g/mol. The topological polar surface area (TPSA) is 47.3 Å². The van der Waals surface area contributed by atoms with Crippen molar-refractivity contribution in [3.05, 3.63) is 59.2 Å². The second-order valence-corrected chi connectivity index (χ2v) is 4.49. The summed E-state index contributed by atoms with van der Waals surface area (Å²) < 4.78 is 0. The summed E-state index contributed by atoms with van der Waals surface area (Å²) in [5, 5.41) is 18.1. The van der Waals surface area contributed by atoms with Crippen LogP contribution < -0.4 is 4.90 Å². The van der Waals surface area contributed by atoms with Gasteiger partial charge in [0.15, 0.2) is 0 Å². The zero-order valence-corrected chi connectivity index (χ0v) is 11.1. The zero-order valence-electron chi connectivity index (χ0n) is 11.1. The molecule has 0 aliphatic heterocycles. The van der Waals surface area contributed by atoms with Crippen LogP contribution in [0.1, 0.15) is 16.7 Å². The number of hydrogen-bond acceptors (Lipinski definition) is 3. The highest BCUT2D eigenvalue weighted by Crippen LogP contribution is 2.26. The van der Waals surface area contributed by atoms with E-state index in [4.69, 9.17) is 5.26 Å². The van der Waals surface area contributed by atoms with Gasteiger partial charge in [0.1, 0.15) is 0 Å². The van der Waals surface area contributed by atoms with Crippen molar-refractivity contribution in [3.63, 3.8) is 0 Å². The van der Waals surface area contributed by atoms with Crippen LogP contribution in [0.2, 0.25) is 0 Å². The Morgan fingerprint density at radius 1 is 1.16 bits per heavy atom. The van der Waals surface area contributed by atoms with E-state index in [1.165, 1.54) is 0 Å². The van der Waals surface area contributed by atoms with Gasteiger partial charge in [-0.2, -0.15) is 5.26 Å².